The Morgan fingerprint density at radius 3 is 2.15 bits per heavy atom. The fraction of sp³-hybridized carbons (Fsp3) is 0.417. The molecule has 1 unspecified atom stereocenters. The lowest BCUT2D eigenvalue weighted by Gasteiger charge is -2.35. The number of hydrogen-bond acceptors (Lipinski definition) is 9. The summed E-state index contributed by atoms with van der Waals surface area (Å²) in [5, 5.41) is 14.0. The van der Waals surface area contributed by atoms with Gasteiger partial charge in [0, 0.05) is 43.4 Å². The number of ketones is 1. The Morgan fingerprint density at radius 1 is 0.915 bits per heavy atom. The molecule has 11 nitrogen and oxygen atoms in total. The minimum absolute atomic E-state index is 0.0546. The first-order valence-corrected chi connectivity index (χ1v) is 15.6. The number of piperidine rings is 1. The summed E-state index contributed by atoms with van der Waals surface area (Å²) in [5.74, 6) is 0.681. The number of aromatic hydroxyl groups is 1. The highest BCUT2D eigenvalue weighted by Gasteiger charge is 2.36. The van der Waals surface area contributed by atoms with E-state index in [-0.39, 0.29) is 24.3 Å². The van der Waals surface area contributed by atoms with E-state index in [0.717, 1.165) is 0 Å². The Labute approximate surface area is 276 Å². The molecule has 0 bridgehead atoms. The van der Waals surface area contributed by atoms with Crippen molar-refractivity contribution < 1.29 is 38.4 Å². The summed E-state index contributed by atoms with van der Waals surface area (Å²) in [6, 6.07) is 17.1. The SMILES string of the molecule is COc1ccc(C(=O)C(C(=O)NCC2CCN(C(=O)OC(C)(C)C)CC2)N(Cc2ccc(OC)cc2OC)c2ccccc2O)cc1. The summed E-state index contributed by atoms with van der Waals surface area (Å²) >= 11 is 0. The molecule has 2 N–H and O–H groups in total. The molecule has 1 heterocycles. The third kappa shape index (κ3) is 9.08. The highest BCUT2D eigenvalue weighted by atomic mass is 16.6. The van der Waals surface area contributed by atoms with Gasteiger partial charge in [0.2, 0.25) is 0 Å². The number of ether oxygens (including phenoxy) is 4. The van der Waals surface area contributed by atoms with E-state index in [2.05, 4.69) is 5.32 Å². The zero-order valence-electron chi connectivity index (χ0n) is 27.9. The second kappa shape index (κ2) is 15.6. The molecule has 0 radical (unpaired) electrons. The van der Waals surface area contributed by atoms with Gasteiger partial charge in [-0.3, -0.25) is 9.59 Å². The van der Waals surface area contributed by atoms with Gasteiger partial charge in [0.15, 0.2) is 11.8 Å². The van der Waals surface area contributed by atoms with Crippen molar-refractivity contribution in [1.82, 2.24) is 10.2 Å². The number of carbonyl (C=O) groups excluding carboxylic acids is 3. The van der Waals surface area contributed by atoms with Crippen LogP contribution < -0.4 is 24.4 Å². The number of carbonyl (C=O) groups is 3. The summed E-state index contributed by atoms with van der Waals surface area (Å²) in [7, 11) is 4.62. The molecule has 3 aromatic rings. The molecular weight excluding hydrogens is 602 g/mol. The number of phenolic OH excluding ortho intramolecular Hbond substituents is 1. The van der Waals surface area contributed by atoms with Gasteiger partial charge in [0.1, 0.15) is 28.6 Å². The van der Waals surface area contributed by atoms with Crippen molar-refractivity contribution in [3.63, 3.8) is 0 Å². The van der Waals surface area contributed by atoms with Crippen LogP contribution in [0.25, 0.3) is 0 Å². The molecular formula is C36H45N3O8. The normalized spacial score (nSPS) is 14.1. The number of phenols is 1. The second-order valence-corrected chi connectivity index (χ2v) is 12.4. The van der Waals surface area contributed by atoms with Crippen LogP contribution in [0.3, 0.4) is 0 Å². The van der Waals surface area contributed by atoms with Crippen LogP contribution in [-0.2, 0) is 16.1 Å². The Balaban J connectivity index is 1.64. The first-order chi connectivity index (χ1) is 22.4. The molecule has 0 spiro atoms. The molecule has 0 saturated carbocycles. The molecule has 1 aliphatic heterocycles. The van der Waals surface area contributed by atoms with Gasteiger partial charge < -0.3 is 39.2 Å². The first-order valence-electron chi connectivity index (χ1n) is 15.6. The second-order valence-electron chi connectivity index (χ2n) is 12.4. The number of nitrogens with one attached hydrogen (secondary N) is 1. The maximum Gasteiger partial charge on any atom is 0.410 e. The average Bonchev–Trinajstić information content (AvgIpc) is 3.06. The van der Waals surface area contributed by atoms with Gasteiger partial charge in [-0.05, 0) is 88.1 Å². The summed E-state index contributed by atoms with van der Waals surface area (Å²) in [6.07, 6.45) is 0.989. The third-order valence-corrected chi connectivity index (χ3v) is 8.04. The number of para-hydroxylation sites is 2. The smallest absolute Gasteiger partial charge is 0.410 e. The van der Waals surface area contributed by atoms with Crippen LogP contribution >= 0.6 is 0 Å². The highest BCUT2D eigenvalue weighted by molar-refractivity contribution is 6.16. The van der Waals surface area contributed by atoms with Crippen molar-refractivity contribution in [2.24, 2.45) is 5.92 Å². The Bertz CT molecular complexity index is 1530. The van der Waals surface area contributed by atoms with Crippen molar-refractivity contribution in [2.75, 3.05) is 45.9 Å². The molecule has 11 heteroatoms. The Hall–Kier alpha value is -4.93. The summed E-state index contributed by atoms with van der Waals surface area (Å²) in [6.45, 7) is 6.88. The first kappa shape index (κ1) is 34.9. The van der Waals surface area contributed by atoms with Gasteiger partial charge in [0.25, 0.3) is 5.91 Å². The van der Waals surface area contributed by atoms with E-state index in [1.54, 1.807) is 77.6 Å². The van der Waals surface area contributed by atoms with E-state index in [4.69, 9.17) is 18.9 Å². The Morgan fingerprint density at radius 2 is 1.55 bits per heavy atom. The van der Waals surface area contributed by atoms with E-state index in [9.17, 15) is 19.5 Å². The minimum Gasteiger partial charge on any atom is -0.506 e. The molecule has 0 aromatic heterocycles. The molecule has 1 aliphatic rings. The van der Waals surface area contributed by atoms with Gasteiger partial charge in [-0.1, -0.05) is 12.1 Å². The van der Waals surface area contributed by atoms with Gasteiger partial charge in [-0.25, -0.2) is 4.79 Å². The van der Waals surface area contributed by atoms with Crippen LogP contribution in [0.1, 0.15) is 49.5 Å². The largest absolute Gasteiger partial charge is 0.506 e. The van der Waals surface area contributed by atoms with Crippen LogP contribution in [0, 0.1) is 5.92 Å². The van der Waals surface area contributed by atoms with Crippen molar-refractivity contribution >= 4 is 23.5 Å². The molecule has 1 atom stereocenters. The minimum atomic E-state index is -1.36. The lowest BCUT2D eigenvalue weighted by atomic mass is 9.96. The number of benzene rings is 3. The van der Waals surface area contributed by atoms with Crippen molar-refractivity contribution in [3.05, 3.63) is 77.9 Å². The number of Topliss-reactive ketones (excluding diaryl/α,β-unsaturated/α-hetero) is 1. The number of rotatable bonds is 12. The molecule has 2 amide bonds. The zero-order chi connectivity index (χ0) is 34.1. The predicted molar refractivity (Wildman–Crippen MR) is 178 cm³/mol. The van der Waals surface area contributed by atoms with E-state index in [1.165, 1.54) is 20.3 Å². The van der Waals surface area contributed by atoms with E-state index >= 15 is 0 Å². The number of likely N-dealkylation sites (tertiary alicyclic amines) is 1. The molecule has 4 rings (SSSR count). The van der Waals surface area contributed by atoms with Crippen molar-refractivity contribution in [3.8, 4) is 23.0 Å². The average molecular weight is 648 g/mol. The zero-order valence-corrected chi connectivity index (χ0v) is 27.9. The molecule has 3 aromatic carbocycles. The number of hydrogen-bond donors (Lipinski definition) is 2. The molecule has 252 valence electrons. The monoisotopic (exact) mass is 647 g/mol. The van der Waals surface area contributed by atoms with Crippen LogP contribution in [0.5, 0.6) is 23.0 Å². The van der Waals surface area contributed by atoms with Gasteiger partial charge in [-0.15, -0.1) is 0 Å². The molecule has 1 fully saturated rings. The molecule has 0 aliphatic carbocycles. The van der Waals surface area contributed by atoms with E-state index in [0.29, 0.717) is 66.5 Å². The number of methoxy groups -OCH3 is 3. The fourth-order valence-electron chi connectivity index (χ4n) is 5.49. The van der Waals surface area contributed by atoms with Crippen LogP contribution in [0.15, 0.2) is 66.7 Å². The quantitative estimate of drug-likeness (QED) is 0.195. The van der Waals surface area contributed by atoms with Crippen molar-refractivity contribution in [2.45, 2.75) is 51.8 Å². The van der Waals surface area contributed by atoms with Crippen LogP contribution in [0.2, 0.25) is 0 Å². The van der Waals surface area contributed by atoms with Gasteiger partial charge >= 0.3 is 6.09 Å². The maximum absolute atomic E-state index is 14.3. The standard InChI is InChI=1S/C36H45N3O8/c1-36(2,3)47-35(43)38-19-17-24(18-20-38)22-37-34(42)32(33(41)25-11-14-27(44-4)15-12-25)39(29-9-7-8-10-30(29)40)23-26-13-16-28(45-5)21-31(26)46-6/h7-16,21,24,32,40H,17-20,22-23H2,1-6H3,(H,37,42). The third-order valence-electron chi connectivity index (χ3n) is 8.04. The van der Waals surface area contributed by atoms with Gasteiger partial charge in [-0.2, -0.15) is 0 Å². The predicted octanol–water partition coefficient (Wildman–Crippen LogP) is 5.44. The molecule has 1 saturated heterocycles. The number of anilines is 1. The van der Waals surface area contributed by atoms with E-state index in [1.807, 2.05) is 20.8 Å². The number of nitrogens with zero attached hydrogens (tertiary/aromatic N) is 2. The number of amides is 2. The van der Waals surface area contributed by atoms with Crippen LogP contribution in [-0.4, -0.2) is 80.4 Å². The summed E-state index contributed by atoms with van der Waals surface area (Å²) < 4.78 is 21.8. The fourth-order valence-corrected chi connectivity index (χ4v) is 5.49. The summed E-state index contributed by atoms with van der Waals surface area (Å²) in [4.78, 5) is 44.3. The Kier molecular flexibility index (Phi) is 11.6. The van der Waals surface area contributed by atoms with Crippen molar-refractivity contribution in [1.29, 1.82) is 0 Å². The van der Waals surface area contributed by atoms with Gasteiger partial charge in [0.05, 0.1) is 27.0 Å². The lowest BCUT2D eigenvalue weighted by molar-refractivity contribution is -0.121. The summed E-state index contributed by atoms with van der Waals surface area (Å²) in [5.41, 5.74) is 0.700. The topological polar surface area (TPSA) is 127 Å². The lowest BCUT2D eigenvalue weighted by Crippen LogP contribution is -2.53. The van der Waals surface area contributed by atoms with E-state index < -0.39 is 23.3 Å². The van der Waals surface area contributed by atoms with Crippen LogP contribution in [0.4, 0.5) is 10.5 Å². The molecule has 47 heavy (non-hydrogen) atoms. The highest BCUT2D eigenvalue weighted by Crippen LogP contribution is 2.34. The maximum atomic E-state index is 14.3.